The van der Waals surface area contributed by atoms with Gasteiger partial charge in [0.2, 0.25) is 0 Å². The van der Waals surface area contributed by atoms with Crippen molar-refractivity contribution in [2.75, 3.05) is 7.11 Å². The minimum Gasteiger partial charge on any atom is -0.380 e. The predicted molar refractivity (Wildman–Crippen MR) is 54.0 cm³/mol. The third-order valence-electron chi connectivity index (χ3n) is 1.80. The van der Waals surface area contributed by atoms with Crippen LogP contribution in [0.5, 0.6) is 0 Å². The van der Waals surface area contributed by atoms with Gasteiger partial charge in [-0.15, -0.1) is 0 Å². The van der Waals surface area contributed by atoms with Crippen LogP contribution in [-0.4, -0.2) is 17.3 Å². The average molecular weight is 230 g/mol. The Kier molecular flexibility index (Phi) is 3.76. The van der Waals surface area contributed by atoms with E-state index in [-0.39, 0.29) is 17.9 Å². The fourth-order valence-electron chi connectivity index (χ4n) is 1.16. The molecule has 80 valence electrons. The van der Waals surface area contributed by atoms with Gasteiger partial charge in [-0.05, 0) is 23.7 Å². The van der Waals surface area contributed by atoms with Gasteiger partial charge in [-0.1, -0.05) is 0 Å². The summed E-state index contributed by atoms with van der Waals surface area (Å²) in [5, 5.41) is 9.96. The van der Waals surface area contributed by atoms with Crippen LogP contribution >= 0.6 is 11.6 Å². The zero-order valence-electron chi connectivity index (χ0n) is 7.90. The Hall–Kier alpha value is -1.46. The second-order valence-electron chi connectivity index (χ2n) is 2.81. The Morgan fingerprint density at radius 3 is 2.73 bits per heavy atom. The summed E-state index contributed by atoms with van der Waals surface area (Å²) in [5.74, 6) is 0. The molecule has 0 unspecified atom stereocenters. The Balaban J connectivity index is 3.20. The molecule has 1 rings (SSSR count). The Morgan fingerprint density at radius 2 is 2.27 bits per heavy atom. The lowest BCUT2D eigenvalue weighted by Crippen LogP contribution is -1.99. The predicted octanol–water partition coefficient (Wildman–Crippen LogP) is 2.12. The van der Waals surface area contributed by atoms with E-state index in [4.69, 9.17) is 16.3 Å². The number of nitro benzene ring substituents is 1. The number of methoxy groups -OCH3 is 1. The largest absolute Gasteiger partial charge is 0.380 e. The van der Waals surface area contributed by atoms with Crippen molar-refractivity contribution in [3.05, 3.63) is 39.4 Å². The Bertz CT molecular complexity index is 405. The summed E-state index contributed by atoms with van der Waals surface area (Å²) in [6, 6.07) is 3.91. The number of hydrogen-bond donors (Lipinski definition) is 0. The molecule has 15 heavy (non-hydrogen) atoms. The molecule has 0 spiro atoms. The number of nitro groups is 1. The third-order valence-corrected chi connectivity index (χ3v) is 2.02. The van der Waals surface area contributed by atoms with Crippen LogP contribution in [0.1, 0.15) is 15.9 Å². The molecule has 0 aromatic heterocycles. The van der Waals surface area contributed by atoms with E-state index in [1.807, 2.05) is 0 Å². The van der Waals surface area contributed by atoms with E-state index in [1.165, 1.54) is 25.3 Å². The zero-order chi connectivity index (χ0) is 11.4. The minimum absolute atomic E-state index is 0.0638. The molecule has 0 heterocycles. The van der Waals surface area contributed by atoms with Crippen LogP contribution in [-0.2, 0) is 11.3 Å². The van der Waals surface area contributed by atoms with Gasteiger partial charge in [-0.2, -0.15) is 0 Å². The molecule has 0 fully saturated rings. The van der Waals surface area contributed by atoms with E-state index in [9.17, 15) is 14.9 Å². The molecule has 0 aliphatic rings. The summed E-state index contributed by atoms with van der Waals surface area (Å²) >= 11 is 5.26. The van der Waals surface area contributed by atoms with Crippen LogP contribution < -0.4 is 0 Å². The first-order chi connectivity index (χ1) is 7.06. The van der Waals surface area contributed by atoms with Crippen LogP contribution in [0.2, 0.25) is 0 Å². The van der Waals surface area contributed by atoms with Crippen LogP contribution in [0.4, 0.5) is 5.69 Å². The van der Waals surface area contributed by atoms with E-state index in [2.05, 4.69) is 0 Å². The maximum absolute atomic E-state index is 10.8. The lowest BCUT2D eigenvalue weighted by Gasteiger charge is -2.02. The SMILES string of the molecule is COCc1cc(C(=O)Cl)ccc1[N+](=O)[O-]. The smallest absolute Gasteiger partial charge is 0.274 e. The number of halogens is 1. The summed E-state index contributed by atoms with van der Waals surface area (Å²) in [4.78, 5) is 20.9. The highest BCUT2D eigenvalue weighted by Crippen LogP contribution is 2.21. The molecule has 0 radical (unpaired) electrons. The van der Waals surface area contributed by atoms with Crippen molar-refractivity contribution >= 4 is 22.5 Å². The van der Waals surface area contributed by atoms with Crippen LogP contribution in [0.3, 0.4) is 0 Å². The van der Waals surface area contributed by atoms with Crippen molar-refractivity contribution in [2.24, 2.45) is 0 Å². The molecule has 0 aliphatic heterocycles. The third kappa shape index (κ3) is 2.74. The molecule has 1 aromatic rings. The van der Waals surface area contributed by atoms with Gasteiger partial charge in [0, 0.05) is 18.7 Å². The maximum atomic E-state index is 10.8. The minimum atomic E-state index is -0.651. The molecule has 0 amide bonds. The molecule has 0 bridgehead atoms. The quantitative estimate of drug-likeness (QED) is 0.450. The molecular weight excluding hydrogens is 222 g/mol. The van der Waals surface area contributed by atoms with Crippen molar-refractivity contribution < 1.29 is 14.5 Å². The molecule has 0 saturated carbocycles. The Labute approximate surface area is 90.8 Å². The van der Waals surface area contributed by atoms with Gasteiger partial charge in [0.25, 0.3) is 10.9 Å². The maximum Gasteiger partial charge on any atom is 0.274 e. The lowest BCUT2D eigenvalue weighted by molar-refractivity contribution is -0.385. The second-order valence-corrected chi connectivity index (χ2v) is 3.15. The van der Waals surface area contributed by atoms with Gasteiger partial charge in [0.15, 0.2) is 0 Å². The van der Waals surface area contributed by atoms with E-state index in [1.54, 1.807) is 0 Å². The fourth-order valence-corrected chi connectivity index (χ4v) is 1.27. The molecule has 0 N–H and O–H groups in total. The van der Waals surface area contributed by atoms with E-state index in [0.717, 1.165) is 0 Å². The van der Waals surface area contributed by atoms with Crippen LogP contribution in [0, 0.1) is 10.1 Å². The van der Waals surface area contributed by atoms with E-state index >= 15 is 0 Å². The summed E-state index contributed by atoms with van der Waals surface area (Å²) in [5.41, 5.74) is 0.460. The summed E-state index contributed by atoms with van der Waals surface area (Å²) in [6.07, 6.45) is 0. The van der Waals surface area contributed by atoms with Crippen molar-refractivity contribution in [3.63, 3.8) is 0 Å². The molecule has 0 aliphatic carbocycles. The summed E-state index contributed by atoms with van der Waals surface area (Å²) in [6.45, 7) is 0.0638. The van der Waals surface area contributed by atoms with E-state index in [0.29, 0.717) is 5.56 Å². The van der Waals surface area contributed by atoms with Crippen LogP contribution in [0.25, 0.3) is 0 Å². The van der Waals surface area contributed by atoms with Crippen molar-refractivity contribution in [1.82, 2.24) is 0 Å². The molecule has 0 atom stereocenters. The Morgan fingerprint density at radius 1 is 1.60 bits per heavy atom. The normalized spacial score (nSPS) is 10.0. The topological polar surface area (TPSA) is 69.4 Å². The summed E-state index contributed by atoms with van der Waals surface area (Å²) in [7, 11) is 1.42. The molecule has 0 saturated heterocycles. The number of carbonyl (C=O) groups excluding carboxylic acids is 1. The molecule has 5 nitrogen and oxygen atoms in total. The van der Waals surface area contributed by atoms with Crippen molar-refractivity contribution in [1.29, 1.82) is 0 Å². The first-order valence-corrected chi connectivity index (χ1v) is 4.40. The average Bonchev–Trinajstić information content (AvgIpc) is 2.17. The molecular formula is C9H8ClNO4. The first-order valence-electron chi connectivity index (χ1n) is 4.02. The van der Waals surface area contributed by atoms with Gasteiger partial charge >= 0.3 is 0 Å². The number of nitrogens with zero attached hydrogens (tertiary/aromatic N) is 1. The highest BCUT2D eigenvalue weighted by atomic mass is 35.5. The fraction of sp³-hybridized carbons (Fsp3) is 0.222. The van der Waals surface area contributed by atoms with E-state index < -0.39 is 10.2 Å². The monoisotopic (exact) mass is 229 g/mol. The standard InChI is InChI=1S/C9H8ClNO4/c1-15-5-7-4-6(9(10)12)2-3-8(7)11(13)14/h2-4H,5H2,1H3. The van der Waals surface area contributed by atoms with Gasteiger partial charge < -0.3 is 4.74 Å². The first kappa shape index (κ1) is 11.6. The van der Waals surface area contributed by atoms with Gasteiger partial charge in [-0.25, -0.2) is 0 Å². The second kappa shape index (κ2) is 4.86. The number of carbonyl (C=O) groups is 1. The van der Waals surface area contributed by atoms with Crippen LogP contribution in [0.15, 0.2) is 18.2 Å². The molecule has 1 aromatic carbocycles. The number of ether oxygens (including phenoxy) is 1. The lowest BCUT2D eigenvalue weighted by atomic mass is 10.1. The highest BCUT2D eigenvalue weighted by Gasteiger charge is 2.15. The van der Waals surface area contributed by atoms with Crippen molar-refractivity contribution in [2.45, 2.75) is 6.61 Å². The number of hydrogen-bond acceptors (Lipinski definition) is 4. The van der Waals surface area contributed by atoms with Gasteiger partial charge in [0.05, 0.1) is 17.1 Å². The van der Waals surface area contributed by atoms with Crippen molar-refractivity contribution in [3.8, 4) is 0 Å². The summed E-state index contributed by atoms with van der Waals surface area (Å²) < 4.78 is 4.79. The molecule has 6 heteroatoms. The van der Waals surface area contributed by atoms with Gasteiger partial charge in [-0.3, -0.25) is 14.9 Å². The highest BCUT2D eigenvalue weighted by molar-refractivity contribution is 6.67. The number of benzene rings is 1. The zero-order valence-corrected chi connectivity index (χ0v) is 8.65. The van der Waals surface area contributed by atoms with Gasteiger partial charge in [0.1, 0.15) is 0 Å². The number of rotatable bonds is 4.